The number of hydrogen-bond acceptors (Lipinski definition) is 2. The first-order valence-corrected chi connectivity index (χ1v) is 7.80. The second kappa shape index (κ2) is 6.06. The van der Waals surface area contributed by atoms with Gasteiger partial charge < -0.3 is 10.1 Å². The fourth-order valence-corrected chi connectivity index (χ4v) is 3.09. The van der Waals surface area contributed by atoms with Crippen LogP contribution in [0, 0.1) is 5.82 Å². The number of anilines is 1. The van der Waals surface area contributed by atoms with Gasteiger partial charge in [0.2, 0.25) is 0 Å². The highest BCUT2D eigenvalue weighted by atomic mass is 79.9. The van der Waals surface area contributed by atoms with Crippen molar-refractivity contribution in [2.45, 2.75) is 24.8 Å². The Hall–Kier alpha value is -1.55. The van der Waals surface area contributed by atoms with Crippen molar-refractivity contribution in [3.8, 4) is 5.75 Å². The van der Waals surface area contributed by atoms with Crippen LogP contribution in [0.2, 0.25) is 0 Å². The molecule has 21 heavy (non-hydrogen) atoms. The number of ether oxygens (including phenoxy) is 1. The summed E-state index contributed by atoms with van der Waals surface area (Å²) in [6, 6.07) is 13.5. The Morgan fingerprint density at radius 1 is 1.19 bits per heavy atom. The number of methoxy groups -OCH3 is 1. The van der Waals surface area contributed by atoms with E-state index in [0.717, 1.165) is 23.1 Å². The number of rotatable bonds is 4. The summed E-state index contributed by atoms with van der Waals surface area (Å²) in [7, 11) is 1.68. The third-order valence-electron chi connectivity index (χ3n) is 3.99. The van der Waals surface area contributed by atoms with Crippen molar-refractivity contribution >= 4 is 21.6 Å². The fourth-order valence-electron chi connectivity index (χ4n) is 2.73. The van der Waals surface area contributed by atoms with Gasteiger partial charge in [-0.1, -0.05) is 28.1 Å². The molecule has 1 aliphatic carbocycles. The molecule has 3 rings (SSSR count). The van der Waals surface area contributed by atoms with E-state index in [0.29, 0.717) is 17.6 Å². The summed E-state index contributed by atoms with van der Waals surface area (Å²) >= 11 is 3.37. The zero-order valence-corrected chi connectivity index (χ0v) is 13.4. The van der Waals surface area contributed by atoms with Crippen LogP contribution in [0.4, 0.5) is 10.1 Å². The van der Waals surface area contributed by atoms with Crippen molar-refractivity contribution in [2.75, 3.05) is 12.4 Å². The number of halogens is 2. The molecular weight excluding hydrogens is 333 g/mol. The Labute approximate surface area is 132 Å². The summed E-state index contributed by atoms with van der Waals surface area (Å²) < 4.78 is 19.8. The van der Waals surface area contributed by atoms with Crippen molar-refractivity contribution in [3.63, 3.8) is 0 Å². The Bertz CT molecular complexity index is 640. The second-order valence-electron chi connectivity index (χ2n) is 5.41. The third-order valence-corrected chi connectivity index (χ3v) is 4.48. The molecule has 2 aromatic rings. The topological polar surface area (TPSA) is 21.3 Å². The molecule has 2 nitrogen and oxygen atoms in total. The van der Waals surface area contributed by atoms with E-state index in [9.17, 15) is 4.39 Å². The summed E-state index contributed by atoms with van der Waals surface area (Å²) in [4.78, 5) is 0. The molecule has 0 aliphatic heterocycles. The molecule has 1 N–H and O–H groups in total. The molecule has 110 valence electrons. The summed E-state index contributed by atoms with van der Waals surface area (Å²) in [6.45, 7) is 0. The smallest absolute Gasteiger partial charge is 0.146 e. The molecule has 0 amide bonds. The average Bonchev–Trinajstić information content (AvgIpc) is 2.46. The summed E-state index contributed by atoms with van der Waals surface area (Å²) in [5, 5.41) is 3.28. The third kappa shape index (κ3) is 3.21. The maximum absolute atomic E-state index is 13.7. The molecule has 1 fully saturated rings. The SMILES string of the molecule is COc1cccc(C2CC(Nc3cc(Br)ccc3F)C2)c1. The van der Waals surface area contributed by atoms with Gasteiger partial charge in [-0.25, -0.2) is 4.39 Å². The number of hydrogen-bond donors (Lipinski definition) is 1. The van der Waals surface area contributed by atoms with Gasteiger partial charge >= 0.3 is 0 Å². The second-order valence-corrected chi connectivity index (χ2v) is 6.33. The summed E-state index contributed by atoms with van der Waals surface area (Å²) in [5.41, 5.74) is 1.86. The highest BCUT2D eigenvalue weighted by Gasteiger charge is 2.30. The molecule has 0 aromatic heterocycles. The van der Waals surface area contributed by atoms with Gasteiger partial charge in [-0.15, -0.1) is 0 Å². The maximum Gasteiger partial charge on any atom is 0.146 e. The first kappa shape index (κ1) is 14.4. The van der Waals surface area contributed by atoms with Gasteiger partial charge in [-0.2, -0.15) is 0 Å². The predicted octanol–water partition coefficient (Wildman–Crippen LogP) is 4.95. The zero-order valence-electron chi connectivity index (χ0n) is 11.8. The van der Waals surface area contributed by atoms with Crippen LogP contribution >= 0.6 is 15.9 Å². The molecule has 1 aliphatic rings. The monoisotopic (exact) mass is 349 g/mol. The molecule has 4 heteroatoms. The van der Waals surface area contributed by atoms with Crippen molar-refractivity contribution in [1.82, 2.24) is 0 Å². The molecule has 1 saturated carbocycles. The quantitative estimate of drug-likeness (QED) is 0.842. The molecule has 0 radical (unpaired) electrons. The Kier molecular flexibility index (Phi) is 4.15. The average molecular weight is 350 g/mol. The van der Waals surface area contributed by atoms with Gasteiger partial charge in [-0.3, -0.25) is 0 Å². The number of nitrogens with one attached hydrogen (secondary N) is 1. The van der Waals surface area contributed by atoms with Gasteiger partial charge in [0.25, 0.3) is 0 Å². The minimum atomic E-state index is -0.206. The van der Waals surface area contributed by atoms with Crippen LogP contribution in [0.1, 0.15) is 24.3 Å². The lowest BCUT2D eigenvalue weighted by Crippen LogP contribution is -2.34. The van der Waals surface area contributed by atoms with Gasteiger partial charge in [0.1, 0.15) is 11.6 Å². The summed E-state index contributed by atoms with van der Waals surface area (Å²) in [5.74, 6) is 1.21. The molecule has 0 saturated heterocycles. The van der Waals surface area contributed by atoms with E-state index >= 15 is 0 Å². The largest absolute Gasteiger partial charge is 0.497 e. The van der Waals surface area contributed by atoms with Crippen LogP contribution in [-0.4, -0.2) is 13.2 Å². The molecule has 0 heterocycles. The molecule has 0 atom stereocenters. The van der Waals surface area contributed by atoms with E-state index in [1.807, 2.05) is 12.1 Å². The minimum absolute atomic E-state index is 0.206. The molecule has 0 unspecified atom stereocenters. The van der Waals surface area contributed by atoms with Gasteiger partial charge in [-0.05, 0) is 54.7 Å². The Morgan fingerprint density at radius 2 is 2.00 bits per heavy atom. The normalized spacial score (nSPS) is 20.7. The van der Waals surface area contributed by atoms with E-state index in [2.05, 4.69) is 33.4 Å². The lowest BCUT2D eigenvalue weighted by molar-refractivity contribution is 0.369. The van der Waals surface area contributed by atoms with Gasteiger partial charge in [0, 0.05) is 10.5 Å². The van der Waals surface area contributed by atoms with E-state index in [1.165, 1.54) is 11.6 Å². The highest BCUT2D eigenvalue weighted by molar-refractivity contribution is 9.10. The van der Waals surface area contributed by atoms with Crippen molar-refractivity contribution in [2.24, 2.45) is 0 Å². The van der Waals surface area contributed by atoms with Crippen molar-refractivity contribution < 1.29 is 9.13 Å². The van der Waals surface area contributed by atoms with E-state index in [1.54, 1.807) is 19.2 Å². The predicted molar refractivity (Wildman–Crippen MR) is 86.5 cm³/mol. The lowest BCUT2D eigenvalue weighted by atomic mass is 9.75. The Balaban J connectivity index is 1.61. The van der Waals surface area contributed by atoms with E-state index in [4.69, 9.17) is 4.74 Å². The van der Waals surface area contributed by atoms with Gasteiger partial charge in [0.15, 0.2) is 0 Å². The molecular formula is C17H17BrFNO. The molecule has 0 spiro atoms. The first-order valence-electron chi connectivity index (χ1n) is 7.01. The van der Waals surface area contributed by atoms with Crippen LogP contribution in [0.3, 0.4) is 0 Å². The molecule has 2 aromatic carbocycles. The maximum atomic E-state index is 13.7. The van der Waals surface area contributed by atoms with Crippen LogP contribution in [0.25, 0.3) is 0 Å². The van der Waals surface area contributed by atoms with Gasteiger partial charge in [0.05, 0.1) is 12.8 Å². The van der Waals surface area contributed by atoms with Crippen LogP contribution in [-0.2, 0) is 0 Å². The standard InChI is InChI=1S/C17H17BrFNO/c1-21-15-4-2-3-11(9-15)12-7-14(8-12)20-17-10-13(18)5-6-16(17)19/h2-6,9-10,12,14,20H,7-8H2,1H3. The summed E-state index contributed by atoms with van der Waals surface area (Å²) in [6.07, 6.45) is 2.03. The van der Waals surface area contributed by atoms with Crippen LogP contribution in [0.15, 0.2) is 46.9 Å². The Morgan fingerprint density at radius 3 is 2.76 bits per heavy atom. The molecule has 0 bridgehead atoms. The highest BCUT2D eigenvalue weighted by Crippen LogP contribution is 2.39. The number of benzene rings is 2. The van der Waals surface area contributed by atoms with E-state index in [-0.39, 0.29) is 5.82 Å². The van der Waals surface area contributed by atoms with E-state index < -0.39 is 0 Å². The van der Waals surface area contributed by atoms with Crippen LogP contribution < -0.4 is 10.1 Å². The van der Waals surface area contributed by atoms with Crippen LogP contribution in [0.5, 0.6) is 5.75 Å². The first-order chi connectivity index (χ1) is 10.2. The van der Waals surface area contributed by atoms with Crippen molar-refractivity contribution in [1.29, 1.82) is 0 Å². The minimum Gasteiger partial charge on any atom is -0.497 e. The fraction of sp³-hybridized carbons (Fsp3) is 0.294. The lowest BCUT2D eigenvalue weighted by Gasteiger charge is -2.37. The zero-order chi connectivity index (χ0) is 14.8. The van der Waals surface area contributed by atoms with Crippen molar-refractivity contribution in [3.05, 3.63) is 58.3 Å².